The molecular weight excluding hydrogens is 325 g/mol. The second-order valence-electron chi connectivity index (χ2n) is 3.75. The molecule has 3 nitrogen and oxygen atoms in total. The fourth-order valence-corrected chi connectivity index (χ4v) is 2.56. The first-order valence-corrected chi connectivity index (χ1v) is 6.33. The van der Waals surface area contributed by atoms with Gasteiger partial charge in [-0.15, -0.1) is 0 Å². The van der Waals surface area contributed by atoms with Crippen molar-refractivity contribution in [1.29, 1.82) is 0 Å². The Morgan fingerprint density at radius 2 is 1.71 bits per heavy atom. The molecule has 2 aromatic carbocycles. The van der Waals surface area contributed by atoms with E-state index in [1.54, 1.807) is 0 Å². The van der Waals surface area contributed by atoms with E-state index in [-0.39, 0.29) is 0 Å². The maximum Gasteiger partial charge on any atom is 0.205 e. The van der Waals surface area contributed by atoms with Gasteiger partial charge in [0.1, 0.15) is 0 Å². The molecule has 0 saturated carbocycles. The lowest BCUT2D eigenvalue weighted by molar-refractivity contribution is 1.10. The molecule has 4 heteroatoms. The van der Waals surface area contributed by atoms with Crippen LogP contribution in [0.1, 0.15) is 0 Å². The van der Waals surface area contributed by atoms with Crippen LogP contribution in [0.3, 0.4) is 0 Å². The van der Waals surface area contributed by atoms with Crippen LogP contribution < -0.4 is 5.73 Å². The third-order valence-electron chi connectivity index (χ3n) is 2.68. The highest BCUT2D eigenvalue weighted by molar-refractivity contribution is 14.1. The van der Waals surface area contributed by atoms with Crippen molar-refractivity contribution in [2.45, 2.75) is 0 Å². The van der Waals surface area contributed by atoms with Crippen molar-refractivity contribution in [1.82, 2.24) is 9.55 Å². The highest BCUT2D eigenvalue weighted by atomic mass is 127. The Morgan fingerprint density at radius 1 is 1.00 bits per heavy atom. The zero-order chi connectivity index (χ0) is 11.8. The van der Waals surface area contributed by atoms with E-state index in [0.717, 1.165) is 20.3 Å². The van der Waals surface area contributed by atoms with Gasteiger partial charge in [0.15, 0.2) is 0 Å². The molecule has 0 spiro atoms. The van der Waals surface area contributed by atoms with Crippen LogP contribution in [-0.4, -0.2) is 9.55 Å². The number of hydrogen-bond donors (Lipinski definition) is 1. The lowest BCUT2D eigenvalue weighted by atomic mass is 10.3. The summed E-state index contributed by atoms with van der Waals surface area (Å²) in [7, 11) is 0. The molecule has 0 radical (unpaired) electrons. The number of para-hydroxylation sites is 3. The van der Waals surface area contributed by atoms with Crippen molar-refractivity contribution in [2.75, 3.05) is 5.73 Å². The number of nitrogens with two attached hydrogens (primary N) is 1. The number of nitrogen functional groups attached to an aromatic ring is 1. The quantitative estimate of drug-likeness (QED) is 0.694. The third kappa shape index (κ3) is 1.68. The van der Waals surface area contributed by atoms with Gasteiger partial charge in [-0.05, 0) is 46.9 Å². The molecule has 0 bridgehead atoms. The minimum Gasteiger partial charge on any atom is -0.369 e. The second-order valence-corrected chi connectivity index (χ2v) is 4.91. The highest BCUT2D eigenvalue weighted by Gasteiger charge is 2.10. The van der Waals surface area contributed by atoms with Gasteiger partial charge in [-0.25, -0.2) is 4.98 Å². The number of fused-ring (bicyclic) bond motifs is 1. The smallest absolute Gasteiger partial charge is 0.205 e. The molecule has 17 heavy (non-hydrogen) atoms. The molecule has 0 aliphatic carbocycles. The van der Waals surface area contributed by atoms with Crippen molar-refractivity contribution >= 4 is 39.6 Å². The fraction of sp³-hybridized carbons (Fsp3) is 0. The number of benzene rings is 2. The van der Waals surface area contributed by atoms with Crippen LogP contribution in [0.15, 0.2) is 48.5 Å². The Morgan fingerprint density at radius 3 is 2.53 bits per heavy atom. The van der Waals surface area contributed by atoms with Gasteiger partial charge in [-0.3, -0.25) is 4.57 Å². The van der Waals surface area contributed by atoms with Gasteiger partial charge in [0.25, 0.3) is 0 Å². The average molecular weight is 335 g/mol. The number of anilines is 1. The van der Waals surface area contributed by atoms with Crippen molar-refractivity contribution in [3.05, 3.63) is 52.1 Å². The summed E-state index contributed by atoms with van der Waals surface area (Å²) in [5, 5.41) is 0. The second kappa shape index (κ2) is 4.03. The molecule has 0 unspecified atom stereocenters. The van der Waals surface area contributed by atoms with E-state index < -0.39 is 0 Å². The lowest BCUT2D eigenvalue weighted by Gasteiger charge is -2.08. The standard InChI is InChI=1S/C13H10IN3/c14-9-5-1-3-7-11(9)17-12-8-4-2-6-10(12)16-13(17)15/h1-8H,(H2,15,16). The summed E-state index contributed by atoms with van der Waals surface area (Å²) in [5.74, 6) is 0.523. The minimum absolute atomic E-state index is 0.523. The van der Waals surface area contributed by atoms with Gasteiger partial charge in [-0.2, -0.15) is 0 Å². The molecule has 0 amide bonds. The highest BCUT2D eigenvalue weighted by Crippen LogP contribution is 2.25. The summed E-state index contributed by atoms with van der Waals surface area (Å²) in [6.07, 6.45) is 0. The summed E-state index contributed by atoms with van der Waals surface area (Å²) in [6.45, 7) is 0. The Kier molecular flexibility index (Phi) is 2.51. The molecule has 0 atom stereocenters. The molecule has 0 aliphatic rings. The molecule has 84 valence electrons. The molecule has 0 saturated heterocycles. The van der Waals surface area contributed by atoms with Gasteiger partial charge in [0.2, 0.25) is 5.95 Å². The van der Waals surface area contributed by atoms with E-state index in [2.05, 4.69) is 33.6 Å². The van der Waals surface area contributed by atoms with Crippen LogP contribution in [0.2, 0.25) is 0 Å². The van der Waals surface area contributed by atoms with Gasteiger partial charge in [0.05, 0.1) is 16.7 Å². The Balaban J connectivity index is 2.38. The van der Waals surface area contributed by atoms with Gasteiger partial charge in [-0.1, -0.05) is 24.3 Å². The first kappa shape index (κ1) is 10.6. The van der Waals surface area contributed by atoms with Crippen LogP contribution in [-0.2, 0) is 0 Å². The van der Waals surface area contributed by atoms with Crippen molar-refractivity contribution in [2.24, 2.45) is 0 Å². The van der Waals surface area contributed by atoms with Crippen molar-refractivity contribution in [3.8, 4) is 5.69 Å². The summed E-state index contributed by atoms with van der Waals surface area (Å²) in [6, 6.07) is 16.1. The number of nitrogens with zero attached hydrogens (tertiary/aromatic N) is 2. The van der Waals surface area contributed by atoms with E-state index in [9.17, 15) is 0 Å². The summed E-state index contributed by atoms with van der Waals surface area (Å²) in [4.78, 5) is 4.37. The van der Waals surface area contributed by atoms with Crippen LogP contribution in [0, 0.1) is 3.57 Å². The Hall–Kier alpha value is -1.56. The maximum atomic E-state index is 6.00. The average Bonchev–Trinajstić information content (AvgIpc) is 2.66. The van der Waals surface area contributed by atoms with E-state index in [1.807, 2.05) is 47.0 Å². The van der Waals surface area contributed by atoms with E-state index in [4.69, 9.17) is 5.73 Å². The number of aromatic nitrogens is 2. The summed E-state index contributed by atoms with van der Waals surface area (Å²) in [5.41, 5.74) is 9.03. The van der Waals surface area contributed by atoms with Gasteiger partial charge in [0, 0.05) is 3.57 Å². The predicted molar refractivity (Wildman–Crippen MR) is 78.2 cm³/mol. The van der Waals surface area contributed by atoms with Crippen LogP contribution in [0.4, 0.5) is 5.95 Å². The molecule has 1 heterocycles. The normalized spacial score (nSPS) is 10.9. The van der Waals surface area contributed by atoms with Crippen LogP contribution in [0.25, 0.3) is 16.7 Å². The van der Waals surface area contributed by atoms with Gasteiger partial charge >= 0.3 is 0 Å². The molecule has 3 aromatic rings. The van der Waals surface area contributed by atoms with E-state index in [1.165, 1.54) is 0 Å². The van der Waals surface area contributed by atoms with Crippen molar-refractivity contribution < 1.29 is 0 Å². The van der Waals surface area contributed by atoms with E-state index >= 15 is 0 Å². The topological polar surface area (TPSA) is 43.8 Å². The monoisotopic (exact) mass is 335 g/mol. The van der Waals surface area contributed by atoms with Gasteiger partial charge < -0.3 is 5.73 Å². The zero-order valence-electron chi connectivity index (χ0n) is 8.97. The van der Waals surface area contributed by atoms with Crippen LogP contribution in [0.5, 0.6) is 0 Å². The third-order valence-corrected chi connectivity index (χ3v) is 3.59. The first-order valence-electron chi connectivity index (χ1n) is 5.25. The first-order chi connectivity index (χ1) is 8.27. The molecule has 2 N–H and O–H groups in total. The SMILES string of the molecule is Nc1nc2ccccc2n1-c1ccccc1I. The number of rotatable bonds is 1. The zero-order valence-corrected chi connectivity index (χ0v) is 11.1. The number of imidazole rings is 1. The van der Waals surface area contributed by atoms with E-state index in [0.29, 0.717) is 5.95 Å². The largest absolute Gasteiger partial charge is 0.369 e. The Labute approximate surface area is 112 Å². The number of halogens is 1. The molecule has 3 rings (SSSR count). The lowest BCUT2D eigenvalue weighted by Crippen LogP contribution is -2.02. The number of hydrogen-bond acceptors (Lipinski definition) is 2. The molecule has 1 aromatic heterocycles. The predicted octanol–water partition coefficient (Wildman–Crippen LogP) is 3.21. The van der Waals surface area contributed by atoms with Crippen molar-refractivity contribution in [3.63, 3.8) is 0 Å². The fourth-order valence-electron chi connectivity index (χ4n) is 1.93. The summed E-state index contributed by atoms with van der Waals surface area (Å²) < 4.78 is 3.14. The molecule has 0 fully saturated rings. The molecule has 0 aliphatic heterocycles. The maximum absolute atomic E-state index is 6.00. The minimum atomic E-state index is 0.523. The Bertz CT molecular complexity index is 688. The molecular formula is C13H10IN3. The van der Waals surface area contributed by atoms with Crippen LogP contribution >= 0.6 is 22.6 Å². The summed E-state index contributed by atoms with van der Waals surface area (Å²) >= 11 is 2.31.